The maximum absolute atomic E-state index is 6.40. The predicted molar refractivity (Wildman–Crippen MR) is 223 cm³/mol. The molecule has 2 heteroatoms. The lowest BCUT2D eigenvalue weighted by Gasteiger charge is -2.55. The summed E-state index contributed by atoms with van der Waals surface area (Å²) in [6.45, 7) is 2.43. The van der Waals surface area contributed by atoms with Crippen LogP contribution in [0.3, 0.4) is 0 Å². The van der Waals surface area contributed by atoms with Crippen molar-refractivity contribution in [2.75, 3.05) is 4.90 Å². The van der Waals surface area contributed by atoms with Crippen molar-refractivity contribution in [3.8, 4) is 22.3 Å². The molecule has 2 atom stereocenters. The summed E-state index contributed by atoms with van der Waals surface area (Å²) in [5.74, 6) is 2.21. The summed E-state index contributed by atoms with van der Waals surface area (Å²) in [5, 5.41) is 2.34. The minimum Gasteiger partial charge on any atom is -0.456 e. The number of hydrogen-bond acceptors (Lipinski definition) is 2. The highest BCUT2D eigenvalue weighted by Gasteiger charge is 2.57. The van der Waals surface area contributed by atoms with Crippen molar-refractivity contribution in [1.29, 1.82) is 0 Å². The maximum atomic E-state index is 6.40. The number of rotatable bonds is 4. The molecule has 1 aromatic heterocycles. The zero-order valence-corrected chi connectivity index (χ0v) is 31.3. The molecule has 0 saturated heterocycles. The lowest BCUT2D eigenvalue weighted by Crippen LogP contribution is -2.49. The first-order valence-electron chi connectivity index (χ1n) is 20.9. The molecule has 1 heterocycles. The minimum atomic E-state index is 0.0847. The van der Waals surface area contributed by atoms with Crippen LogP contribution < -0.4 is 4.90 Å². The number of para-hydroxylation sites is 1. The molecule has 12 rings (SSSR count). The van der Waals surface area contributed by atoms with Crippen LogP contribution in [-0.4, -0.2) is 0 Å². The van der Waals surface area contributed by atoms with Gasteiger partial charge >= 0.3 is 0 Å². The van der Waals surface area contributed by atoms with E-state index < -0.39 is 0 Å². The van der Waals surface area contributed by atoms with E-state index in [9.17, 15) is 0 Å². The Balaban J connectivity index is 1.13. The van der Waals surface area contributed by atoms with Crippen LogP contribution in [0.15, 0.2) is 132 Å². The Labute approximate surface area is 318 Å². The van der Waals surface area contributed by atoms with Crippen molar-refractivity contribution in [2.24, 2.45) is 17.8 Å². The summed E-state index contributed by atoms with van der Waals surface area (Å²) in [6, 6.07) is 49.1. The number of hydrogen-bond donors (Lipinski definition) is 0. The number of benzene rings is 6. The molecule has 0 amide bonds. The molecule has 5 aliphatic rings. The largest absolute Gasteiger partial charge is 0.456 e. The first-order valence-corrected chi connectivity index (χ1v) is 20.9. The Morgan fingerprint density at radius 2 is 1.24 bits per heavy atom. The second-order valence-electron chi connectivity index (χ2n) is 17.4. The zero-order chi connectivity index (χ0) is 35.6. The van der Waals surface area contributed by atoms with Crippen molar-refractivity contribution in [3.63, 3.8) is 0 Å². The highest BCUT2D eigenvalue weighted by Crippen LogP contribution is 2.66. The Morgan fingerprint density at radius 3 is 2.07 bits per heavy atom. The third kappa shape index (κ3) is 4.02. The van der Waals surface area contributed by atoms with Gasteiger partial charge in [-0.05, 0) is 138 Å². The van der Waals surface area contributed by atoms with E-state index in [0.29, 0.717) is 11.8 Å². The second-order valence-corrected chi connectivity index (χ2v) is 17.4. The lowest BCUT2D eigenvalue weighted by molar-refractivity contribution is 0.0492. The zero-order valence-electron chi connectivity index (χ0n) is 31.3. The maximum Gasteiger partial charge on any atom is 0.135 e. The summed E-state index contributed by atoms with van der Waals surface area (Å²) in [5.41, 5.74) is 17.9. The van der Waals surface area contributed by atoms with Crippen LogP contribution in [0, 0.1) is 17.8 Å². The van der Waals surface area contributed by atoms with Crippen LogP contribution in [0.4, 0.5) is 17.1 Å². The fourth-order valence-corrected chi connectivity index (χ4v) is 13.1. The second kappa shape index (κ2) is 11.5. The van der Waals surface area contributed by atoms with E-state index in [1.54, 1.807) is 11.1 Å². The van der Waals surface area contributed by atoms with E-state index in [4.69, 9.17) is 4.42 Å². The molecule has 5 aliphatic carbocycles. The highest BCUT2D eigenvalue weighted by atomic mass is 16.3. The van der Waals surface area contributed by atoms with Crippen molar-refractivity contribution in [3.05, 3.63) is 150 Å². The molecular formula is C52H47NO. The first-order chi connectivity index (χ1) is 26.7. The van der Waals surface area contributed by atoms with Gasteiger partial charge in [0.1, 0.15) is 11.2 Å². The predicted octanol–water partition coefficient (Wildman–Crippen LogP) is 14.4. The van der Waals surface area contributed by atoms with Gasteiger partial charge in [-0.1, -0.05) is 118 Å². The van der Waals surface area contributed by atoms with E-state index >= 15 is 0 Å². The average molecular weight is 702 g/mol. The fraction of sp³-hybridized carbons (Fsp3) is 0.308. The third-order valence-corrected chi connectivity index (χ3v) is 15.2. The molecule has 7 aromatic rings. The van der Waals surface area contributed by atoms with Crippen LogP contribution in [0.25, 0.3) is 44.2 Å². The Kier molecular flexibility index (Phi) is 6.64. The summed E-state index contributed by atoms with van der Waals surface area (Å²) < 4.78 is 6.40. The van der Waals surface area contributed by atoms with Gasteiger partial charge in [0.2, 0.25) is 0 Å². The SMILES string of the molecule is CCC1CC2CCCC(C1)C21c2ccccc2-c2ccc(N(c3ccc4oc5ccccc5c4c3)c3cccc4c3-c3ccccc3C43CCCC3)cc21. The standard InChI is InChI=1S/C52H47NO/c1-2-33-29-34-13-11-14-35(30-33)52(34)44-19-7-3-15-38(44)39-25-23-37(32-46(39)52)53(36-24-26-49-42(31-36)40-16-5-8-22-48(40)54-49)47-21-12-20-45-50(47)41-17-4-6-18-43(41)51(45)27-9-10-28-51/h3-8,12,15-26,31-35H,2,9-11,13-14,27-30H2,1H3. The number of nitrogens with zero attached hydrogens (tertiary/aromatic N) is 1. The van der Waals surface area contributed by atoms with Crippen LogP contribution in [-0.2, 0) is 10.8 Å². The monoisotopic (exact) mass is 701 g/mol. The van der Waals surface area contributed by atoms with Crippen LogP contribution in [0.2, 0.25) is 0 Å². The molecule has 2 unspecified atom stereocenters. The van der Waals surface area contributed by atoms with E-state index in [-0.39, 0.29) is 10.8 Å². The summed E-state index contributed by atoms with van der Waals surface area (Å²) >= 11 is 0. The first kappa shape index (κ1) is 31.3. The molecule has 0 radical (unpaired) electrons. The van der Waals surface area contributed by atoms with Crippen LogP contribution in [0.1, 0.15) is 93.4 Å². The molecule has 54 heavy (non-hydrogen) atoms. The highest BCUT2D eigenvalue weighted by molar-refractivity contribution is 6.07. The summed E-state index contributed by atoms with van der Waals surface area (Å²) in [4.78, 5) is 2.62. The molecular weight excluding hydrogens is 655 g/mol. The molecule has 0 N–H and O–H groups in total. The van der Waals surface area contributed by atoms with Gasteiger partial charge in [0, 0.05) is 38.5 Å². The van der Waals surface area contributed by atoms with E-state index in [2.05, 4.69) is 139 Å². The number of furan rings is 1. The van der Waals surface area contributed by atoms with E-state index in [0.717, 1.165) is 17.1 Å². The van der Waals surface area contributed by atoms with Crippen molar-refractivity contribution >= 4 is 39.0 Å². The van der Waals surface area contributed by atoms with Gasteiger partial charge in [0.05, 0.1) is 5.69 Å². The van der Waals surface area contributed by atoms with Crippen LogP contribution in [0.5, 0.6) is 0 Å². The molecule has 0 aliphatic heterocycles. The van der Waals surface area contributed by atoms with Crippen LogP contribution >= 0.6 is 0 Å². The Bertz CT molecular complexity index is 2620. The van der Waals surface area contributed by atoms with Gasteiger partial charge in [-0.2, -0.15) is 0 Å². The van der Waals surface area contributed by atoms with Crippen molar-refractivity contribution in [1.82, 2.24) is 0 Å². The fourth-order valence-electron chi connectivity index (χ4n) is 13.1. The average Bonchev–Trinajstić information content (AvgIpc) is 3.98. The van der Waals surface area contributed by atoms with Gasteiger partial charge in [-0.25, -0.2) is 0 Å². The topological polar surface area (TPSA) is 16.4 Å². The van der Waals surface area contributed by atoms with Gasteiger partial charge in [-0.3, -0.25) is 0 Å². The van der Waals surface area contributed by atoms with Crippen molar-refractivity contribution < 1.29 is 4.42 Å². The normalized spacial score (nSPS) is 24.2. The molecule has 2 spiro atoms. The van der Waals surface area contributed by atoms with Gasteiger partial charge < -0.3 is 9.32 Å². The Morgan fingerprint density at radius 1 is 0.574 bits per heavy atom. The Hall–Kier alpha value is -5.08. The molecule has 2 bridgehead atoms. The smallest absolute Gasteiger partial charge is 0.135 e. The van der Waals surface area contributed by atoms with Gasteiger partial charge in [-0.15, -0.1) is 0 Å². The minimum absolute atomic E-state index is 0.0847. The van der Waals surface area contributed by atoms with Gasteiger partial charge in [0.25, 0.3) is 0 Å². The lowest BCUT2D eigenvalue weighted by atomic mass is 9.49. The number of anilines is 3. The molecule has 6 aromatic carbocycles. The van der Waals surface area contributed by atoms with E-state index in [1.807, 2.05) is 0 Å². The molecule has 3 saturated carbocycles. The van der Waals surface area contributed by atoms with Crippen molar-refractivity contribution in [2.45, 2.75) is 82.0 Å². The quantitative estimate of drug-likeness (QED) is 0.182. The van der Waals surface area contributed by atoms with E-state index in [1.165, 1.54) is 125 Å². The summed E-state index contributed by atoms with van der Waals surface area (Å²) in [7, 11) is 0. The molecule has 3 fully saturated rings. The number of fused-ring (bicyclic) bond motifs is 11. The molecule has 266 valence electrons. The van der Waals surface area contributed by atoms with Gasteiger partial charge in [0.15, 0.2) is 0 Å². The molecule has 2 nitrogen and oxygen atoms in total. The third-order valence-electron chi connectivity index (χ3n) is 15.2. The summed E-state index contributed by atoms with van der Waals surface area (Å²) in [6.07, 6.45) is 13.1.